The topological polar surface area (TPSA) is 79.6 Å². The van der Waals surface area contributed by atoms with E-state index in [0.717, 1.165) is 56.0 Å². The van der Waals surface area contributed by atoms with Crippen molar-refractivity contribution in [1.29, 1.82) is 0 Å². The highest BCUT2D eigenvalue weighted by molar-refractivity contribution is 7.20. The summed E-state index contributed by atoms with van der Waals surface area (Å²) < 4.78 is 1.39. The Bertz CT molecular complexity index is 1050. The number of fused-ring (bicyclic) bond motifs is 1. The number of hydrogen-bond donors (Lipinski definition) is 1. The van der Waals surface area contributed by atoms with Crippen molar-refractivity contribution in [2.75, 3.05) is 24.5 Å². The standard InChI is InChI=1S/C22H27N5O2S/c1-2-6-18-15-19(28)27-21(24-18)30-22(25-27)26-13-10-17(11-14-26)20(29)23-12-9-16-7-4-3-5-8-16/h3-5,7-8,15,17H,2,6,9-14H2,1H3,(H,23,29). The highest BCUT2D eigenvalue weighted by Gasteiger charge is 2.26. The predicted molar refractivity (Wildman–Crippen MR) is 119 cm³/mol. The number of anilines is 1. The zero-order valence-electron chi connectivity index (χ0n) is 17.2. The van der Waals surface area contributed by atoms with Gasteiger partial charge in [-0.1, -0.05) is 55.0 Å². The van der Waals surface area contributed by atoms with E-state index < -0.39 is 0 Å². The average molecular weight is 426 g/mol. The number of piperidine rings is 1. The number of rotatable bonds is 7. The Morgan fingerprint density at radius 3 is 2.70 bits per heavy atom. The van der Waals surface area contributed by atoms with Crippen molar-refractivity contribution >= 4 is 27.3 Å². The first kappa shape index (κ1) is 20.5. The van der Waals surface area contributed by atoms with Crippen molar-refractivity contribution in [2.45, 2.75) is 39.0 Å². The lowest BCUT2D eigenvalue weighted by atomic mass is 9.96. The lowest BCUT2D eigenvalue weighted by Crippen LogP contribution is -2.41. The van der Waals surface area contributed by atoms with Gasteiger partial charge in [0.1, 0.15) is 0 Å². The quantitative estimate of drug-likeness (QED) is 0.630. The van der Waals surface area contributed by atoms with Gasteiger partial charge in [-0.25, -0.2) is 4.98 Å². The maximum atomic E-state index is 12.5. The molecule has 1 N–H and O–H groups in total. The van der Waals surface area contributed by atoms with E-state index in [1.807, 2.05) is 18.2 Å². The third kappa shape index (κ3) is 4.70. The third-order valence-corrected chi connectivity index (χ3v) is 6.45. The van der Waals surface area contributed by atoms with Gasteiger partial charge in [0.25, 0.3) is 5.56 Å². The number of hydrogen-bond acceptors (Lipinski definition) is 6. The fourth-order valence-corrected chi connectivity index (χ4v) is 4.79. The minimum absolute atomic E-state index is 0.0309. The molecule has 0 unspecified atom stereocenters. The molecule has 3 aromatic rings. The SMILES string of the molecule is CCCc1cc(=O)n2nc(N3CCC(C(=O)NCCc4ccccc4)CC3)sc2n1. The fraction of sp³-hybridized carbons (Fsp3) is 0.455. The van der Waals surface area contributed by atoms with Crippen LogP contribution in [0, 0.1) is 5.92 Å². The van der Waals surface area contributed by atoms with Gasteiger partial charge in [0.2, 0.25) is 16.0 Å². The second-order valence-corrected chi connectivity index (χ2v) is 8.64. The minimum Gasteiger partial charge on any atom is -0.356 e. The first-order valence-corrected chi connectivity index (χ1v) is 11.4. The lowest BCUT2D eigenvalue weighted by molar-refractivity contribution is -0.125. The number of carbonyl (C=O) groups excluding carboxylic acids is 1. The maximum absolute atomic E-state index is 12.5. The summed E-state index contributed by atoms with van der Waals surface area (Å²) in [5, 5.41) is 8.35. The van der Waals surface area contributed by atoms with Crippen molar-refractivity contribution < 1.29 is 4.79 Å². The van der Waals surface area contributed by atoms with Crippen molar-refractivity contribution in [3.63, 3.8) is 0 Å². The van der Waals surface area contributed by atoms with Crippen LogP contribution < -0.4 is 15.8 Å². The van der Waals surface area contributed by atoms with Crippen LogP contribution in [0.15, 0.2) is 41.2 Å². The number of amides is 1. The lowest BCUT2D eigenvalue weighted by Gasteiger charge is -2.30. The molecule has 8 heteroatoms. The Morgan fingerprint density at radius 1 is 1.20 bits per heavy atom. The zero-order chi connectivity index (χ0) is 20.9. The van der Waals surface area contributed by atoms with Crippen molar-refractivity contribution in [1.82, 2.24) is 19.9 Å². The molecule has 2 aromatic heterocycles. The fourth-order valence-electron chi connectivity index (χ4n) is 3.81. The molecule has 1 aliphatic rings. The summed E-state index contributed by atoms with van der Waals surface area (Å²) in [6, 6.07) is 11.8. The Hall–Kier alpha value is -2.74. The third-order valence-electron chi connectivity index (χ3n) is 5.49. The van der Waals surface area contributed by atoms with Crippen molar-refractivity contribution in [3.8, 4) is 0 Å². The van der Waals surface area contributed by atoms with E-state index in [1.165, 1.54) is 21.4 Å². The number of nitrogens with one attached hydrogen (secondary N) is 1. The Balaban J connectivity index is 1.32. The smallest absolute Gasteiger partial charge is 0.275 e. The molecule has 0 saturated carbocycles. The van der Waals surface area contributed by atoms with Gasteiger partial charge in [-0.15, -0.1) is 5.10 Å². The molecule has 0 spiro atoms. The molecule has 7 nitrogen and oxygen atoms in total. The molecular formula is C22H27N5O2S. The maximum Gasteiger partial charge on any atom is 0.275 e. The molecular weight excluding hydrogens is 398 g/mol. The zero-order valence-corrected chi connectivity index (χ0v) is 18.0. The van der Waals surface area contributed by atoms with E-state index in [0.29, 0.717) is 11.5 Å². The predicted octanol–water partition coefficient (Wildman–Crippen LogP) is 2.68. The van der Waals surface area contributed by atoms with Gasteiger partial charge in [-0.05, 0) is 31.2 Å². The van der Waals surface area contributed by atoms with Crippen LogP contribution >= 0.6 is 11.3 Å². The second kappa shape index (κ2) is 9.38. The minimum atomic E-state index is -0.126. The summed E-state index contributed by atoms with van der Waals surface area (Å²) in [5.41, 5.74) is 1.93. The van der Waals surface area contributed by atoms with Crippen LogP contribution in [0.4, 0.5) is 5.13 Å². The van der Waals surface area contributed by atoms with Gasteiger partial charge in [0.15, 0.2) is 0 Å². The first-order valence-electron chi connectivity index (χ1n) is 10.6. The van der Waals surface area contributed by atoms with Crippen molar-refractivity contribution in [3.05, 3.63) is 58.0 Å². The largest absolute Gasteiger partial charge is 0.356 e. The van der Waals surface area contributed by atoms with Gasteiger partial charge in [-0.2, -0.15) is 4.52 Å². The molecule has 1 aromatic carbocycles. The number of nitrogens with zero attached hydrogens (tertiary/aromatic N) is 4. The molecule has 3 heterocycles. The van der Waals surface area contributed by atoms with Crippen LogP contribution in [0.1, 0.15) is 37.4 Å². The highest BCUT2D eigenvalue weighted by atomic mass is 32.1. The second-order valence-electron chi connectivity index (χ2n) is 7.70. The first-order chi connectivity index (χ1) is 14.6. The highest BCUT2D eigenvalue weighted by Crippen LogP contribution is 2.27. The molecule has 1 fully saturated rings. The van der Waals surface area contributed by atoms with E-state index in [9.17, 15) is 9.59 Å². The monoisotopic (exact) mass is 425 g/mol. The number of aryl methyl sites for hydroxylation is 1. The van der Waals surface area contributed by atoms with E-state index in [-0.39, 0.29) is 17.4 Å². The normalized spacial score (nSPS) is 14.9. The molecule has 4 rings (SSSR count). The molecule has 0 aliphatic carbocycles. The summed E-state index contributed by atoms with van der Waals surface area (Å²) in [4.78, 5) is 32.2. The summed E-state index contributed by atoms with van der Waals surface area (Å²) >= 11 is 1.45. The summed E-state index contributed by atoms with van der Waals surface area (Å²) in [6.45, 7) is 4.25. The van der Waals surface area contributed by atoms with Crippen LogP contribution in [0.3, 0.4) is 0 Å². The molecule has 1 aliphatic heterocycles. The molecule has 158 valence electrons. The molecule has 0 radical (unpaired) electrons. The summed E-state index contributed by atoms with van der Waals surface area (Å²) in [7, 11) is 0. The van der Waals surface area contributed by atoms with Crippen LogP contribution in [-0.2, 0) is 17.6 Å². The molecule has 30 heavy (non-hydrogen) atoms. The molecule has 1 saturated heterocycles. The van der Waals surface area contributed by atoms with Gasteiger partial charge < -0.3 is 10.2 Å². The molecule has 1 amide bonds. The summed E-state index contributed by atoms with van der Waals surface area (Å²) in [5.74, 6) is 0.167. The molecule has 0 atom stereocenters. The van der Waals surface area contributed by atoms with Gasteiger partial charge in [-0.3, -0.25) is 9.59 Å². The van der Waals surface area contributed by atoms with Crippen LogP contribution in [0.2, 0.25) is 0 Å². The van der Waals surface area contributed by atoms with Crippen LogP contribution in [0.5, 0.6) is 0 Å². The summed E-state index contributed by atoms with van der Waals surface area (Å²) in [6.07, 6.45) is 4.17. The number of aromatic nitrogens is 3. The Labute approximate surface area is 179 Å². The Morgan fingerprint density at radius 2 is 1.97 bits per heavy atom. The molecule has 0 bridgehead atoms. The van der Waals surface area contributed by atoms with Gasteiger partial charge in [0, 0.05) is 37.3 Å². The van der Waals surface area contributed by atoms with Gasteiger partial charge >= 0.3 is 0 Å². The van der Waals surface area contributed by atoms with E-state index in [1.54, 1.807) is 6.07 Å². The number of benzene rings is 1. The van der Waals surface area contributed by atoms with Crippen LogP contribution in [-0.4, -0.2) is 40.1 Å². The van der Waals surface area contributed by atoms with E-state index in [2.05, 4.69) is 39.4 Å². The Kier molecular flexibility index (Phi) is 6.42. The van der Waals surface area contributed by atoms with Crippen molar-refractivity contribution in [2.24, 2.45) is 5.92 Å². The number of carbonyl (C=O) groups is 1. The van der Waals surface area contributed by atoms with Crippen LogP contribution in [0.25, 0.3) is 4.96 Å². The van der Waals surface area contributed by atoms with E-state index in [4.69, 9.17) is 0 Å². The average Bonchev–Trinajstić information content (AvgIpc) is 3.20. The van der Waals surface area contributed by atoms with Gasteiger partial charge in [0.05, 0.1) is 0 Å². The van der Waals surface area contributed by atoms with E-state index >= 15 is 0 Å².